The third kappa shape index (κ3) is 2.83. The molecule has 1 amide bonds. The van der Waals surface area contributed by atoms with Crippen LogP contribution in [0.4, 0.5) is 0 Å². The Hall–Kier alpha value is -1.09. The molecule has 0 saturated carbocycles. The third-order valence-electron chi connectivity index (χ3n) is 3.57. The minimum atomic E-state index is -0.358. The number of halogens is 1. The number of allylic oxidation sites excluding steroid dienone is 2. The van der Waals surface area contributed by atoms with Crippen LogP contribution in [-0.2, 0) is 0 Å². The van der Waals surface area contributed by atoms with Crippen LogP contribution in [0.2, 0.25) is 0 Å². The molecule has 2 rings (SSSR count). The second kappa shape index (κ2) is 4.88. The van der Waals surface area contributed by atoms with Gasteiger partial charge in [-0.3, -0.25) is 4.79 Å². The highest BCUT2D eigenvalue weighted by Crippen LogP contribution is 2.39. The highest BCUT2D eigenvalue weighted by molar-refractivity contribution is 9.10. The van der Waals surface area contributed by atoms with Crippen molar-refractivity contribution in [2.45, 2.75) is 33.1 Å². The first-order valence-corrected chi connectivity index (χ1v) is 6.97. The van der Waals surface area contributed by atoms with E-state index in [2.05, 4.69) is 35.9 Å². The van der Waals surface area contributed by atoms with Crippen LogP contribution in [0.1, 0.15) is 49.0 Å². The minimum absolute atomic E-state index is 0.358. The van der Waals surface area contributed by atoms with Gasteiger partial charge in [-0.2, -0.15) is 0 Å². The molecule has 0 saturated heterocycles. The summed E-state index contributed by atoms with van der Waals surface area (Å²) in [5, 5.41) is 0. The Morgan fingerprint density at radius 2 is 2.11 bits per heavy atom. The number of amides is 1. The molecule has 1 aliphatic carbocycles. The number of hydrogen-bond donors (Lipinski definition) is 1. The Kier molecular flexibility index (Phi) is 3.62. The zero-order chi connectivity index (χ0) is 13.3. The Morgan fingerprint density at radius 1 is 1.39 bits per heavy atom. The lowest BCUT2D eigenvalue weighted by atomic mass is 9.76. The topological polar surface area (TPSA) is 43.1 Å². The molecular weight excluding hydrogens is 290 g/mol. The first-order chi connectivity index (χ1) is 8.39. The van der Waals surface area contributed by atoms with Gasteiger partial charge in [0.1, 0.15) is 0 Å². The molecule has 0 atom stereocenters. The fourth-order valence-corrected chi connectivity index (χ4v) is 2.68. The van der Waals surface area contributed by atoms with Gasteiger partial charge in [-0.25, -0.2) is 0 Å². The number of carbonyl (C=O) groups is 1. The van der Waals surface area contributed by atoms with Crippen LogP contribution >= 0.6 is 15.9 Å². The average Bonchev–Trinajstić information content (AvgIpc) is 2.28. The van der Waals surface area contributed by atoms with Crippen molar-refractivity contribution >= 4 is 27.4 Å². The van der Waals surface area contributed by atoms with E-state index >= 15 is 0 Å². The van der Waals surface area contributed by atoms with Crippen molar-refractivity contribution in [3.8, 4) is 0 Å². The van der Waals surface area contributed by atoms with Crippen LogP contribution in [0, 0.1) is 5.41 Å². The molecule has 96 valence electrons. The van der Waals surface area contributed by atoms with Crippen LogP contribution in [-0.4, -0.2) is 5.91 Å². The molecule has 0 bridgehead atoms. The van der Waals surface area contributed by atoms with E-state index in [-0.39, 0.29) is 5.91 Å². The summed E-state index contributed by atoms with van der Waals surface area (Å²) < 4.78 is 0.980. The Morgan fingerprint density at radius 3 is 2.67 bits per heavy atom. The number of nitrogens with two attached hydrogens (primary N) is 1. The zero-order valence-electron chi connectivity index (χ0n) is 10.8. The first-order valence-electron chi connectivity index (χ1n) is 6.18. The van der Waals surface area contributed by atoms with Crippen molar-refractivity contribution in [1.82, 2.24) is 0 Å². The highest BCUT2D eigenvalue weighted by Gasteiger charge is 2.23. The average molecular weight is 308 g/mol. The second-order valence-corrected chi connectivity index (χ2v) is 6.57. The van der Waals surface area contributed by atoms with Crippen molar-refractivity contribution in [3.63, 3.8) is 0 Å². The molecule has 0 heterocycles. The third-order valence-corrected chi connectivity index (χ3v) is 4.06. The summed E-state index contributed by atoms with van der Waals surface area (Å²) >= 11 is 3.46. The summed E-state index contributed by atoms with van der Waals surface area (Å²) in [6.45, 7) is 4.55. The number of rotatable bonds is 2. The van der Waals surface area contributed by atoms with Crippen molar-refractivity contribution < 1.29 is 4.79 Å². The monoisotopic (exact) mass is 307 g/mol. The molecule has 2 nitrogen and oxygen atoms in total. The van der Waals surface area contributed by atoms with Gasteiger partial charge in [0, 0.05) is 10.0 Å². The molecule has 2 N–H and O–H groups in total. The van der Waals surface area contributed by atoms with Crippen LogP contribution in [0.15, 0.2) is 28.7 Å². The van der Waals surface area contributed by atoms with E-state index in [1.807, 2.05) is 12.1 Å². The largest absolute Gasteiger partial charge is 0.366 e. The molecule has 0 spiro atoms. The fraction of sp³-hybridized carbons (Fsp3) is 0.400. The van der Waals surface area contributed by atoms with Gasteiger partial charge in [-0.05, 0) is 54.0 Å². The van der Waals surface area contributed by atoms with Crippen molar-refractivity contribution in [1.29, 1.82) is 0 Å². The van der Waals surface area contributed by atoms with E-state index in [0.717, 1.165) is 29.3 Å². The predicted octanol–water partition coefficient (Wildman–Crippen LogP) is 4.14. The molecule has 0 fully saturated rings. The van der Waals surface area contributed by atoms with Gasteiger partial charge in [0.05, 0.1) is 0 Å². The molecule has 1 aromatic carbocycles. The molecule has 0 aliphatic heterocycles. The molecular formula is C15H18BrNO. The molecule has 0 unspecified atom stereocenters. The first kappa shape index (κ1) is 13.3. The predicted molar refractivity (Wildman–Crippen MR) is 78.3 cm³/mol. The highest BCUT2D eigenvalue weighted by atomic mass is 79.9. The second-order valence-electron chi connectivity index (χ2n) is 5.65. The molecule has 1 aliphatic rings. The maximum atomic E-state index is 11.5. The van der Waals surface area contributed by atoms with Crippen molar-refractivity contribution in [2.24, 2.45) is 11.1 Å². The summed E-state index contributed by atoms with van der Waals surface area (Å²) in [5.74, 6) is -0.358. The lowest BCUT2D eigenvalue weighted by Gasteiger charge is -2.29. The van der Waals surface area contributed by atoms with E-state index < -0.39 is 0 Å². The van der Waals surface area contributed by atoms with Gasteiger partial charge in [0.15, 0.2) is 0 Å². The van der Waals surface area contributed by atoms with Crippen LogP contribution < -0.4 is 5.73 Å². The molecule has 18 heavy (non-hydrogen) atoms. The maximum absolute atomic E-state index is 11.5. The van der Waals surface area contributed by atoms with E-state index in [4.69, 9.17) is 5.73 Å². The van der Waals surface area contributed by atoms with Crippen molar-refractivity contribution in [3.05, 3.63) is 39.9 Å². The Balaban J connectivity index is 2.42. The van der Waals surface area contributed by atoms with E-state index in [9.17, 15) is 4.79 Å². The van der Waals surface area contributed by atoms with E-state index in [0.29, 0.717) is 11.0 Å². The SMILES string of the molecule is CC1(C)CC=C(c2cc(Br)ccc2C(N)=O)CC1. The molecule has 0 aromatic heterocycles. The summed E-state index contributed by atoms with van der Waals surface area (Å²) in [6.07, 6.45) is 5.44. The smallest absolute Gasteiger partial charge is 0.249 e. The van der Waals surface area contributed by atoms with Gasteiger partial charge in [-0.1, -0.05) is 35.9 Å². The summed E-state index contributed by atoms with van der Waals surface area (Å²) in [7, 11) is 0. The summed E-state index contributed by atoms with van der Waals surface area (Å²) in [4.78, 5) is 11.5. The summed E-state index contributed by atoms with van der Waals surface area (Å²) in [5.41, 5.74) is 8.64. The number of hydrogen-bond acceptors (Lipinski definition) is 1. The van der Waals surface area contributed by atoms with Crippen LogP contribution in [0.3, 0.4) is 0 Å². The number of primary amides is 1. The minimum Gasteiger partial charge on any atom is -0.366 e. The normalized spacial score (nSPS) is 18.3. The lowest BCUT2D eigenvalue weighted by molar-refractivity contribution is 0.1000. The molecule has 1 aromatic rings. The van der Waals surface area contributed by atoms with Gasteiger partial charge in [0.25, 0.3) is 0 Å². The van der Waals surface area contributed by atoms with Crippen LogP contribution in [0.25, 0.3) is 5.57 Å². The molecule has 3 heteroatoms. The summed E-state index contributed by atoms with van der Waals surface area (Å²) in [6, 6.07) is 5.64. The van der Waals surface area contributed by atoms with E-state index in [1.165, 1.54) is 5.57 Å². The van der Waals surface area contributed by atoms with Gasteiger partial charge in [0.2, 0.25) is 5.91 Å². The Bertz CT molecular complexity index is 517. The van der Waals surface area contributed by atoms with Gasteiger partial charge >= 0.3 is 0 Å². The van der Waals surface area contributed by atoms with E-state index in [1.54, 1.807) is 6.07 Å². The Labute approximate surface area is 116 Å². The standard InChI is InChI=1S/C15H18BrNO/c1-15(2)7-5-10(6-8-15)13-9-11(16)3-4-12(13)14(17)18/h3-5,9H,6-8H2,1-2H3,(H2,17,18). The molecule has 0 radical (unpaired) electrons. The number of carbonyl (C=O) groups excluding carboxylic acids is 1. The quantitative estimate of drug-likeness (QED) is 0.876. The van der Waals surface area contributed by atoms with Gasteiger partial charge in [-0.15, -0.1) is 0 Å². The van der Waals surface area contributed by atoms with Crippen molar-refractivity contribution in [2.75, 3.05) is 0 Å². The van der Waals surface area contributed by atoms with Gasteiger partial charge < -0.3 is 5.73 Å². The fourth-order valence-electron chi connectivity index (χ4n) is 2.32. The van der Waals surface area contributed by atoms with Crippen LogP contribution in [0.5, 0.6) is 0 Å². The zero-order valence-corrected chi connectivity index (χ0v) is 12.4. The lowest BCUT2D eigenvalue weighted by Crippen LogP contribution is -2.17. The number of benzene rings is 1. The maximum Gasteiger partial charge on any atom is 0.249 e.